The molecule has 0 fully saturated rings. The van der Waals surface area contributed by atoms with Gasteiger partial charge in [0.2, 0.25) is 0 Å². The van der Waals surface area contributed by atoms with E-state index in [-0.39, 0.29) is 18.5 Å². The Balaban J connectivity index is 3.74. The van der Waals surface area contributed by atoms with E-state index >= 15 is 0 Å². The molecule has 0 radical (unpaired) electrons. The SMILES string of the molecule is CCCCCCCCCCCCCCCC(Cl)NCCC(O)C(=O)[C@H](O)[C@@H](O)[C@H](O)[C@H](O)CO. The van der Waals surface area contributed by atoms with E-state index in [0.717, 1.165) is 19.3 Å². The number of Topliss-reactive ketones (excluding diaryl/α,β-unsaturated/α-hetero) is 1. The molecule has 2 unspecified atom stereocenters. The van der Waals surface area contributed by atoms with E-state index in [1.165, 1.54) is 70.6 Å². The first-order chi connectivity index (χ1) is 16.3. The minimum Gasteiger partial charge on any atom is -0.394 e. The Hall–Kier alpha value is -0.320. The minimum atomic E-state index is -2.08. The van der Waals surface area contributed by atoms with Gasteiger partial charge in [-0.05, 0) is 19.4 Å². The fraction of sp³-hybridized carbons (Fsp3) is 0.960. The Bertz CT molecular complexity index is 486. The number of aliphatic hydroxyl groups excluding tert-OH is 6. The summed E-state index contributed by atoms with van der Waals surface area (Å²) in [6.07, 6.45) is 8.13. The second kappa shape index (κ2) is 21.9. The summed E-state index contributed by atoms with van der Waals surface area (Å²) in [4.78, 5) is 12.0. The summed E-state index contributed by atoms with van der Waals surface area (Å²) in [5.74, 6) is -1.07. The number of halogens is 1. The molecule has 0 bridgehead atoms. The largest absolute Gasteiger partial charge is 0.394 e. The fourth-order valence-electron chi connectivity index (χ4n) is 3.85. The molecule has 0 aliphatic heterocycles. The van der Waals surface area contributed by atoms with Crippen LogP contribution < -0.4 is 5.32 Å². The number of carbonyl (C=O) groups excluding carboxylic acids is 1. The number of hydrogen-bond donors (Lipinski definition) is 7. The van der Waals surface area contributed by atoms with Gasteiger partial charge in [-0.25, -0.2) is 0 Å². The molecule has 204 valence electrons. The zero-order chi connectivity index (χ0) is 25.8. The van der Waals surface area contributed by atoms with Gasteiger partial charge in [0.05, 0.1) is 12.1 Å². The van der Waals surface area contributed by atoms with Crippen molar-refractivity contribution in [1.82, 2.24) is 5.32 Å². The summed E-state index contributed by atoms with van der Waals surface area (Å²) >= 11 is 6.24. The number of nitrogens with one attached hydrogen (secondary N) is 1. The van der Waals surface area contributed by atoms with Crippen LogP contribution in [-0.2, 0) is 4.79 Å². The van der Waals surface area contributed by atoms with Crippen LogP contribution in [0.25, 0.3) is 0 Å². The number of hydrogen-bond acceptors (Lipinski definition) is 8. The van der Waals surface area contributed by atoms with E-state index in [9.17, 15) is 30.3 Å². The van der Waals surface area contributed by atoms with Crippen molar-refractivity contribution >= 4 is 17.4 Å². The maximum absolute atomic E-state index is 12.0. The smallest absolute Gasteiger partial charge is 0.192 e. The molecule has 0 aliphatic rings. The third kappa shape index (κ3) is 16.4. The van der Waals surface area contributed by atoms with E-state index in [4.69, 9.17) is 16.7 Å². The van der Waals surface area contributed by atoms with E-state index in [1.807, 2.05) is 0 Å². The van der Waals surface area contributed by atoms with Crippen molar-refractivity contribution in [3.63, 3.8) is 0 Å². The standard InChI is InChI=1S/C25H50ClNO7/c1-2-3-4-5-6-7-8-9-10-11-12-13-14-15-21(26)27-17-16-19(29)22(31)24(33)25(34)23(32)20(30)18-28/h19-21,23-25,27-30,32-34H,2-18H2,1H3/t19?,20-,21?,23-,24+,25+/m1/s1. The predicted octanol–water partition coefficient (Wildman–Crippen LogP) is 2.38. The second-order valence-electron chi connectivity index (χ2n) is 9.34. The molecular formula is C25H50ClNO7. The maximum atomic E-state index is 12.0. The van der Waals surface area contributed by atoms with Crippen molar-refractivity contribution in [2.24, 2.45) is 0 Å². The molecule has 0 saturated carbocycles. The summed E-state index contributed by atoms with van der Waals surface area (Å²) in [5, 5.41) is 60.1. The van der Waals surface area contributed by atoms with Gasteiger partial charge in [-0.2, -0.15) is 0 Å². The molecule has 0 rings (SSSR count). The number of alkyl halides is 1. The molecular weight excluding hydrogens is 462 g/mol. The average Bonchev–Trinajstić information content (AvgIpc) is 2.84. The Morgan fingerprint density at radius 1 is 0.735 bits per heavy atom. The van der Waals surface area contributed by atoms with Gasteiger partial charge in [0.15, 0.2) is 5.78 Å². The van der Waals surface area contributed by atoms with Crippen molar-refractivity contribution in [2.45, 2.75) is 139 Å². The summed E-state index contributed by atoms with van der Waals surface area (Å²) < 4.78 is 0. The highest BCUT2D eigenvalue weighted by atomic mass is 35.5. The zero-order valence-electron chi connectivity index (χ0n) is 21.0. The van der Waals surface area contributed by atoms with Crippen molar-refractivity contribution in [3.05, 3.63) is 0 Å². The van der Waals surface area contributed by atoms with Crippen LogP contribution >= 0.6 is 11.6 Å². The van der Waals surface area contributed by atoms with Crippen LogP contribution in [0.2, 0.25) is 0 Å². The minimum absolute atomic E-state index is 0.0247. The first kappa shape index (κ1) is 33.7. The van der Waals surface area contributed by atoms with Crippen LogP contribution in [0.1, 0.15) is 103 Å². The van der Waals surface area contributed by atoms with Gasteiger partial charge in [-0.3, -0.25) is 4.79 Å². The third-order valence-corrected chi connectivity index (χ3v) is 6.59. The highest BCUT2D eigenvalue weighted by Crippen LogP contribution is 2.14. The molecule has 0 aromatic rings. The van der Waals surface area contributed by atoms with Crippen LogP contribution in [0.3, 0.4) is 0 Å². The molecule has 6 atom stereocenters. The van der Waals surface area contributed by atoms with E-state index < -0.39 is 42.9 Å². The van der Waals surface area contributed by atoms with Crippen LogP contribution in [0.5, 0.6) is 0 Å². The Morgan fingerprint density at radius 3 is 1.68 bits per heavy atom. The average molecular weight is 512 g/mol. The van der Waals surface area contributed by atoms with Crippen LogP contribution in [0.4, 0.5) is 0 Å². The number of aliphatic hydroxyl groups is 6. The molecule has 0 aromatic carbocycles. The summed E-state index contributed by atoms with van der Waals surface area (Å²) in [6.45, 7) is 1.64. The summed E-state index contributed by atoms with van der Waals surface area (Å²) in [5.41, 5.74) is -0.285. The van der Waals surface area contributed by atoms with Gasteiger partial charge in [-0.1, -0.05) is 90.4 Å². The Labute approximate surface area is 210 Å². The summed E-state index contributed by atoms with van der Waals surface area (Å²) in [6, 6.07) is 0. The number of rotatable bonds is 24. The lowest BCUT2D eigenvalue weighted by molar-refractivity contribution is -0.154. The fourth-order valence-corrected chi connectivity index (χ4v) is 4.11. The lowest BCUT2D eigenvalue weighted by Crippen LogP contribution is -2.51. The normalized spacial score (nSPS) is 17.2. The van der Waals surface area contributed by atoms with E-state index in [0.29, 0.717) is 0 Å². The van der Waals surface area contributed by atoms with E-state index in [1.54, 1.807) is 0 Å². The van der Waals surface area contributed by atoms with Gasteiger partial charge in [-0.15, -0.1) is 11.6 Å². The van der Waals surface area contributed by atoms with Gasteiger partial charge in [0, 0.05) is 0 Å². The van der Waals surface area contributed by atoms with Crippen LogP contribution in [0, 0.1) is 0 Å². The predicted molar refractivity (Wildman–Crippen MR) is 135 cm³/mol. The van der Waals surface area contributed by atoms with Gasteiger partial charge in [0.25, 0.3) is 0 Å². The quantitative estimate of drug-likeness (QED) is 0.0592. The monoisotopic (exact) mass is 511 g/mol. The molecule has 0 aliphatic carbocycles. The molecule has 34 heavy (non-hydrogen) atoms. The van der Waals surface area contributed by atoms with Crippen molar-refractivity contribution < 1.29 is 35.4 Å². The molecule has 0 saturated heterocycles. The molecule has 7 N–H and O–H groups in total. The van der Waals surface area contributed by atoms with Crippen LogP contribution in [-0.4, -0.2) is 85.6 Å². The summed E-state index contributed by atoms with van der Waals surface area (Å²) in [7, 11) is 0. The molecule has 0 spiro atoms. The highest BCUT2D eigenvalue weighted by molar-refractivity contribution is 6.20. The third-order valence-electron chi connectivity index (χ3n) is 6.22. The molecule has 8 nitrogen and oxygen atoms in total. The topological polar surface area (TPSA) is 150 Å². The molecule has 0 aromatic heterocycles. The zero-order valence-corrected chi connectivity index (χ0v) is 21.7. The van der Waals surface area contributed by atoms with E-state index in [2.05, 4.69) is 12.2 Å². The van der Waals surface area contributed by atoms with Crippen molar-refractivity contribution in [3.8, 4) is 0 Å². The Morgan fingerprint density at radius 2 is 1.21 bits per heavy atom. The molecule has 0 amide bonds. The second-order valence-corrected chi connectivity index (χ2v) is 9.86. The van der Waals surface area contributed by atoms with Crippen LogP contribution in [0.15, 0.2) is 0 Å². The number of ketones is 1. The lowest BCUT2D eigenvalue weighted by atomic mass is 9.97. The molecule has 0 heterocycles. The lowest BCUT2D eigenvalue weighted by Gasteiger charge is -2.26. The van der Waals surface area contributed by atoms with Gasteiger partial charge < -0.3 is 36.0 Å². The van der Waals surface area contributed by atoms with Gasteiger partial charge in [0.1, 0.15) is 30.5 Å². The highest BCUT2D eigenvalue weighted by Gasteiger charge is 2.36. The van der Waals surface area contributed by atoms with Crippen molar-refractivity contribution in [2.75, 3.05) is 13.2 Å². The Kier molecular flexibility index (Phi) is 21.7. The first-order valence-corrected chi connectivity index (χ1v) is 13.6. The number of carbonyl (C=O) groups is 1. The van der Waals surface area contributed by atoms with Gasteiger partial charge >= 0.3 is 0 Å². The molecule has 9 heteroatoms. The first-order valence-electron chi connectivity index (χ1n) is 13.2. The maximum Gasteiger partial charge on any atom is 0.192 e. The number of unbranched alkanes of at least 4 members (excludes halogenated alkanes) is 12. The van der Waals surface area contributed by atoms with Crippen molar-refractivity contribution in [1.29, 1.82) is 0 Å².